The van der Waals surface area contributed by atoms with Gasteiger partial charge < -0.3 is 9.84 Å². The lowest BCUT2D eigenvalue weighted by atomic mass is 9.89. The van der Waals surface area contributed by atoms with Crippen LogP contribution in [0.1, 0.15) is 26.3 Å². The highest BCUT2D eigenvalue weighted by Crippen LogP contribution is 2.33. The van der Waals surface area contributed by atoms with Gasteiger partial charge in [0.05, 0.1) is 12.7 Å². The Balaban J connectivity index is 2.31. The van der Waals surface area contributed by atoms with Crippen molar-refractivity contribution in [2.45, 2.75) is 32.7 Å². The average Bonchev–Trinajstić information content (AvgIpc) is 2.58. The zero-order chi connectivity index (χ0) is 11.9. The van der Waals surface area contributed by atoms with Crippen LogP contribution in [-0.2, 0) is 16.8 Å². The molecule has 0 saturated carbocycles. The summed E-state index contributed by atoms with van der Waals surface area (Å²) in [6, 6.07) is 0. The molecule has 0 fully saturated rings. The van der Waals surface area contributed by atoms with Crippen molar-refractivity contribution in [1.82, 2.24) is 9.78 Å². The summed E-state index contributed by atoms with van der Waals surface area (Å²) in [4.78, 5) is 10.8. The standard InChI is InChI=1S/C11H16N2O3/c1-11(2,3)8-4-12-13-5-7(10(14)15)6-16-9(8)13/h4,7H,5-6H2,1-3H3,(H,14,15). The largest absolute Gasteiger partial charge is 0.481 e. The second-order valence-corrected chi connectivity index (χ2v) is 5.14. The fraction of sp³-hybridized carbons (Fsp3) is 0.636. The second kappa shape index (κ2) is 3.50. The van der Waals surface area contributed by atoms with Gasteiger partial charge in [-0.05, 0) is 5.41 Å². The number of carboxylic acid groups (broad SMARTS) is 1. The normalized spacial score (nSPS) is 20.1. The van der Waals surface area contributed by atoms with Crippen LogP contribution in [0.3, 0.4) is 0 Å². The third-order valence-corrected chi connectivity index (χ3v) is 2.76. The molecule has 0 aliphatic carbocycles. The molecule has 0 radical (unpaired) electrons. The molecule has 5 nitrogen and oxygen atoms in total. The first-order valence-electron chi connectivity index (χ1n) is 5.31. The number of hydrogen-bond acceptors (Lipinski definition) is 3. The van der Waals surface area contributed by atoms with E-state index in [0.717, 1.165) is 5.56 Å². The molecule has 1 aromatic rings. The van der Waals surface area contributed by atoms with E-state index in [1.54, 1.807) is 10.9 Å². The lowest BCUT2D eigenvalue weighted by Crippen LogP contribution is -2.32. The minimum absolute atomic E-state index is 0.0381. The van der Waals surface area contributed by atoms with Gasteiger partial charge >= 0.3 is 5.97 Å². The van der Waals surface area contributed by atoms with Gasteiger partial charge in [-0.1, -0.05) is 20.8 Å². The number of carbonyl (C=O) groups is 1. The number of rotatable bonds is 1. The molecule has 1 unspecified atom stereocenters. The number of aromatic nitrogens is 2. The molecule has 0 spiro atoms. The Labute approximate surface area is 94.0 Å². The predicted octanol–water partition coefficient (Wildman–Crippen LogP) is 1.27. The van der Waals surface area contributed by atoms with E-state index in [0.29, 0.717) is 12.4 Å². The predicted molar refractivity (Wildman–Crippen MR) is 57.5 cm³/mol. The minimum Gasteiger partial charge on any atom is -0.481 e. The van der Waals surface area contributed by atoms with Gasteiger partial charge in [0.2, 0.25) is 5.88 Å². The van der Waals surface area contributed by atoms with E-state index >= 15 is 0 Å². The van der Waals surface area contributed by atoms with Crippen LogP contribution in [0.5, 0.6) is 5.88 Å². The van der Waals surface area contributed by atoms with Crippen LogP contribution < -0.4 is 4.74 Å². The van der Waals surface area contributed by atoms with Crippen molar-refractivity contribution >= 4 is 5.97 Å². The molecule has 0 bridgehead atoms. The fourth-order valence-corrected chi connectivity index (χ4v) is 1.76. The molecule has 0 amide bonds. The maximum atomic E-state index is 10.8. The van der Waals surface area contributed by atoms with E-state index in [2.05, 4.69) is 25.9 Å². The number of fused-ring (bicyclic) bond motifs is 1. The molecule has 88 valence electrons. The van der Waals surface area contributed by atoms with E-state index in [1.807, 2.05) is 0 Å². The maximum Gasteiger partial charge on any atom is 0.311 e. The van der Waals surface area contributed by atoms with Crippen LogP contribution in [0.2, 0.25) is 0 Å². The quantitative estimate of drug-likeness (QED) is 0.780. The van der Waals surface area contributed by atoms with Gasteiger partial charge in [0.25, 0.3) is 0 Å². The molecular formula is C11H16N2O3. The van der Waals surface area contributed by atoms with Gasteiger partial charge in [-0.2, -0.15) is 5.10 Å². The smallest absolute Gasteiger partial charge is 0.311 e. The Morgan fingerprint density at radius 1 is 1.62 bits per heavy atom. The Bertz CT molecular complexity index is 417. The van der Waals surface area contributed by atoms with E-state index in [4.69, 9.17) is 9.84 Å². The van der Waals surface area contributed by atoms with Crippen molar-refractivity contribution in [3.63, 3.8) is 0 Å². The van der Waals surface area contributed by atoms with Gasteiger partial charge in [-0.15, -0.1) is 0 Å². The summed E-state index contributed by atoms with van der Waals surface area (Å²) in [5.41, 5.74) is 0.986. The summed E-state index contributed by atoms with van der Waals surface area (Å²) in [5, 5.41) is 13.1. The maximum absolute atomic E-state index is 10.8. The molecular weight excluding hydrogens is 208 g/mol. The highest BCUT2D eigenvalue weighted by molar-refractivity contribution is 5.70. The van der Waals surface area contributed by atoms with Crippen LogP contribution >= 0.6 is 0 Å². The van der Waals surface area contributed by atoms with Crippen LogP contribution in [0.4, 0.5) is 0 Å². The number of carboxylic acids is 1. The van der Waals surface area contributed by atoms with Gasteiger partial charge in [0.1, 0.15) is 12.5 Å². The first-order valence-corrected chi connectivity index (χ1v) is 5.31. The Morgan fingerprint density at radius 2 is 2.31 bits per heavy atom. The van der Waals surface area contributed by atoms with E-state index in [1.165, 1.54) is 0 Å². The van der Waals surface area contributed by atoms with Crippen molar-refractivity contribution < 1.29 is 14.6 Å². The van der Waals surface area contributed by atoms with Gasteiger partial charge in [-0.25, -0.2) is 4.68 Å². The molecule has 1 aromatic heterocycles. The van der Waals surface area contributed by atoms with Crippen molar-refractivity contribution in [3.05, 3.63) is 11.8 Å². The van der Waals surface area contributed by atoms with Gasteiger partial charge in [0, 0.05) is 5.56 Å². The molecule has 1 aliphatic heterocycles. The van der Waals surface area contributed by atoms with Crippen LogP contribution in [0.25, 0.3) is 0 Å². The third kappa shape index (κ3) is 1.77. The molecule has 1 N–H and O–H groups in total. The SMILES string of the molecule is CC(C)(C)c1cnn2c1OCC(C(=O)O)C2. The molecule has 1 atom stereocenters. The van der Waals surface area contributed by atoms with Crippen LogP contribution in [0, 0.1) is 5.92 Å². The van der Waals surface area contributed by atoms with Crippen LogP contribution in [0.15, 0.2) is 6.20 Å². The molecule has 2 rings (SSSR count). The highest BCUT2D eigenvalue weighted by Gasteiger charge is 2.31. The monoisotopic (exact) mass is 224 g/mol. The first-order chi connectivity index (χ1) is 7.39. The number of ether oxygens (including phenoxy) is 1. The topological polar surface area (TPSA) is 64.4 Å². The minimum atomic E-state index is -0.835. The Morgan fingerprint density at radius 3 is 2.88 bits per heavy atom. The Hall–Kier alpha value is -1.52. The lowest BCUT2D eigenvalue weighted by Gasteiger charge is -2.25. The van der Waals surface area contributed by atoms with Crippen molar-refractivity contribution in [2.24, 2.45) is 5.92 Å². The van der Waals surface area contributed by atoms with Crippen molar-refractivity contribution in [2.75, 3.05) is 6.61 Å². The van der Waals surface area contributed by atoms with Gasteiger partial charge in [0.15, 0.2) is 0 Å². The molecule has 1 aliphatic rings. The summed E-state index contributed by atoms with van der Waals surface area (Å²) in [5.74, 6) is -0.622. The van der Waals surface area contributed by atoms with Crippen molar-refractivity contribution in [3.8, 4) is 5.88 Å². The lowest BCUT2D eigenvalue weighted by molar-refractivity contribution is -0.144. The van der Waals surface area contributed by atoms with Crippen LogP contribution in [-0.4, -0.2) is 27.5 Å². The Kier molecular flexibility index (Phi) is 2.40. The second-order valence-electron chi connectivity index (χ2n) is 5.14. The summed E-state index contributed by atoms with van der Waals surface area (Å²) >= 11 is 0. The van der Waals surface area contributed by atoms with Gasteiger partial charge in [-0.3, -0.25) is 4.79 Å². The molecule has 0 aromatic carbocycles. The fourth-order valence-electron chi connectivity index (χ4n) is 1.76. The average molecular weight is 224 g/mol. The summed E-state index contributed by atoms with van der Waals surface area (Å²) in [7, 11) is 0. The summed E-state index contributed by atoms with van der Waals surface area (Å²) in [6.07, 6.45) is 1.76. The van der Waals surface area contributed by atoms with Crippen molar-refractivity contribution in [1.29, 1.82) is 0 Å². The number of hydrogen-bond donors (Lipinski definition) is 1. The van der Waals surface area contributed by atoms with E-state index < -0.39 is 11.9 Å². The molecule has 0 saturated heterocycles. The van der Waals surface area contributed by atoms with E-state index in [9.17, 15) is 4.79 Å². The molecule has 5 heteroatoms. The number of aliphatic carboxylic acids is 1. The molecule has 2 heterocycles. The number of nitrogens with zero attached hydrogens (tertiary/aromatic N) is 2. The summed E-state index contributed by atoms with van der Waals surface area (Å²) in [6.45, 7) is 6.86. The van der Waals surface area contributed by atoms with E-state index in [-0.39, 0.29) is 12.0 Å². The summed E-state index contributed by atoms with van der Waals surface area (Å²) < 4.78 is 7.16. The first kappa shape index (κ1) is 11.0. The zero-order valence-electron chi connectivity index (χ0n) is 9.73. The highest BCUT2D eigenvalue weighted by atomic mass is 16.5. The molecule has 16 heavy (non-hydrogen) atoms. The zero-order valence-corrected chi connectivity index (χ0v) is 9.73. The third-order valence-electron chi connectivity index (χ3n) is 2.76.